The van der Waals surface area contributed by atoms with Gasteiger partial charge in [0.25, 0.3) is 5.56 Å². The number of carbonyl (C=O) groups is 1. The molecule has 1 aromatic rings. The molecule has 0 spiro atoms. The molecular formula is C17H26N4O4S. The van der Waals surface area contributed by atoms with Gasteiger partial charge in [-0.25, -0.2) is 13.4 Å². The topological polar surface area (TPSA) is 103 Å². The Labute approximate surface area is 153 Å². The first-order chi connectivity index (χ1) is 12.2. The first-order valence-corrected chi connectivity index (χ1v) is 10.9. The minimum absolute atomic E-state index is 0.00684. The highest BCUT2D eigenvalue weighted by molar-refractivity contribution is 7.88. The van der Waals surface area contributed by atoms with Gasteiger partial charge in [-0.1, -0.05) is 13.8 Å². The molecule has 0 aromatic carbocycles. The van der Waals surface area contributed by atoms with Crippen molar-refractivity contribution in [2.24, 2.45) is 5.92 Å². The van der Waals surface area contributed by atoms with Crippen LogP contribution in [0.25, 0.3) is 0 Å². The summed E-state index contributed by atoms with van der Waals surface area (Å²) in [6, 6.07) is 0. The molecule has 8 nitrogen and oxygen atoms in total. The van der Waals surface area contributed by atoms with Crippen molar-refractivity contribution in [1.29, 1.82) is 0 Å². The van der Waals surface area contributed by atoms with E-state index >= 15 is 0 Å². The van der Waals surface area contributed by atoms with Gasteiger partial charge >= 0.3 is 0 Å². The van der Waals surface area contributed by atoms with E-state index in [1.165, 1.54) is 10.6 Å². The number of aromatic nitrogens is 2. The molecule has 1 amide bonds. The second kappa shape index (κ2) is 7.11. The van der Waals surface area contributed by atoms with Crippen LogP contribution in [0.1, 0.15) is 49.7 Å². The van der Waals surface area contributed by atoms with Gasteiger partial charge in [0.2, 0.25) is 15.9 Å². The third-order valence-electron chi connectivity index (χ3n) is 5.45. The molecule has 0 radical (unpaired) electrons. The van der Waals surface area contributed by atoms with Crippen molar-refractivity contribution in [3.63, 3.8) is 0 Å². The van der Waals surface area contributed by atoms with Gasteiger partial charge in [-0.2, -0.15) is 4.31 Å². The first-order valence-electron chi connectivity index (χ1n) is 9.06. The average molecular weight is 382 g/mol. The number of amides is 1. The van der Waals surface area contributed by atoms with E-state index in [2.05, 4.69) is 9.97 Å². The Hall–Kier alpha value is -1.74. The minimum Gasteiger partial charge on any atom is -0.342 e. The maximum absolute atomic E-state index is 12.4. The van der Waals surface area contributed by atoms with Gasteiger partial charge in [-0.3, -0.25) is 9.59 Å². The summed E-state index contributed by atoms with van der Waals surface area (Å²) in [6.45, 7) is 5.55. The van der Waals surface area contributed by atoms with Crippen LogP contribution < -0.4 is 5.56 Å². The molecule has 144 valence electrons. The van der Waals surface area contributed by atoms with E-state index in [0.29, 0.717) is 43.1 Å². The number of H-pyrrole nitrogens is 1. The van der Waals surface area contributed by atoms with Crippen molar-refractivity contribution < 1.29 is 13.2 Å². The van der Waals surface area contributed by atoms with Crippen LogP contribution in [-0.2, 0) is 27.8 Å². The number of hydrogen-bond acceptors (Lipinski definition) is 5. The maximum Gasteiger partial charge on any atom is 0.254 e. The fraction of sp³-hybridized carbons (Fsp3) is 0.706. The Morgan fingerprint density at radius 2 is 2.12 bits per heavy atom. The van der Waals surface area contributed by atoms with Crippen molar-refractivity contribution in [1.82, 2.24) is 19.2 Å². The first kappa shape index (κ1) is 19.0. The Morgan fingerprint density at radius 3 is 2.77 bits per heavy atom. The fourth-order valence-corrected chi connectivity index (χ4v) is 4.36. The monoisotopic (exact) mass is 382 g/mol. The smallest absolute Gasteiger partial charge is 0.254 e. The Kier molecular flexibility index (Phi) is 5.21. The zero-order chi connectivity index (χ0) is 19.1. The second-order valence-corrected chi connectivity index (χ2v) is 9.28. The largest absolute Gasteiger partial charge is 0.342 e. The molecule has 2 atom stereocenters. The number of fused-ring (bicyclic) bond motifs is 1. The van der Waals surface area contributed by atoms with Gasteiger partial charge in [0.05, 0.1) is 18.5 Å². The van der Waals surface area contributed by atoms with Gasteiger partial charge in [0.1, 0.15) is 5.82 Å². The van der Waals surface area contributed by atoms with Crippen LogP contribution in [0.5, 0.6) is 0 Å². The van der Waals surface area contributed by atoms with Crippen molar-refractivity contribution in [3.8, 4) is 0 Å². The molecule has 2 aliphatic rings. The van der Waals surface area contributed by atoms with Crippen LogP contribution in [0, 0.1) is 5.92 Å². The lowest BCUT2D eigenvalue weighted by molar-refractivity contribution is -0.134. The summed E-state index contributed by atoms with van der Waals surface area (Å²) in [4.78, 5) is 34.1. The van der Waals surface area contributed by atoms with Gasteiger partial charge in [0.15, 0.2) is 0 Å². The van der Waals surface area contributed by atoms with Crippen LogP contribution in [-0.4, -0.2) is 59.4 Å². The van der Waals surface area contributed by atoms with Gasteiger partial charge in [-0.05, 0) is 19.3 Å². The van der Waals surface area contributed by atoms with Gasteiger partial charge < -0.3 is 9.88 Å². The van der Waals surface area contributed by atoms with Crippen molar-refractivity contribution in [2.75, 3.05) is 25.9 Å². The lowest BCUT2D eigenvalue weighted by Gasteiger charge is -2.26. The van der Waals surface area contributed by atoms with E-state index in [0.717, 1.165) is 12.8 Å². The summed E-state index contributed by atoms with van der Waals surface area (Å²) in [5.74, 6) is 0.671. The predicted octanol–water partition coefficient (Wildman–Crippen LogP) is 0.450. The van der Waals surface area contributed by atoms with E-state index in [9.17, 15) is 18.0 Å². The van der Waals surface area contributed by atoms with E-state index in [1.54, 1.807) is 0 Å². The number of likely N-dealkylation sites (tertiary alicyclic amines) is 1. The molecule has 2 aliphatic heterocycles. The number of rotatable bonds is 4. The number of nitrogens with zero attached hydrogens (tertiary/aromatic N) is 3. The van der Waals surface area contributed by atoms with Gasteiger partial charge in [0, 0.05) is 37.0 Å². The zero-order valence-electron chi connectivity index (χ0n) is 15.5. The highest BCUT2D eigenvalue weighted by Gasteiger charge is 2.32. The van der Waals surface area contributed by atoms with Crippen LogP contribution >= 0.6 is 0 Å². The molecule has 0 unspecified atom stereocenters. The lowest BCUT2D eigenvalue weighted by atomic mass is 10.1. The normalized spacial score (nSPS) is 22.3. The van der Waals surface area contributed by atoms with Crippen LogP contribution in [0.2, 0.25) is 0 Å². The van der Waals surface area contributed by atoms with Crippen LogP contribution in [0.3, 0.4) is 0 Å². The quantitative estimate of drug-likeness (QED) is 0.814. The maximum atomic E-state index is 12.4. The number of nitrogens with one attached hydrogen (secondary N) is 1. The van der Waals surface area contributed by atoms with Gasteiger partial charge in [-0.15, -0.1) is 0 Å². The summed E-state index contributed by atoms with van der Waals surface area (Å²) in [5.41, 5.74) is 0.913. The lowest BCUT2D eigenvalue weighted by Crippen LogP contribution is -2.39. The Morgan fingerprint density at radius 1 is 1.38 bits per heavy atom. The summed E-state index contributed by atoms with van der Waals surface area (Å²) < 4.78 is 24.9. The molecule has 9 heteroatoms. The van der Waals surface area contributed by atoms with Crippen molar-refractivity contribution in [2.45, 2.75) is 45.6 Å². The number of hydrogen-bond donors (Lipinski definition) is 1. The Bertz CT molecular complexity index is 864. The molecule has 3 rings (SSSR count). The van der Waals surface area contributed by atoms with E-state index in [1.807, 2.05) is 18.7 Å². The fourth-order valence-electron chi connectivity index (χ4n) is 3.58. The van der Waals surface area contributed by atoms with E-state index in [-0.39, 0.29) is 29.8 Å². The molecular weight excluding hydrogens is 356 g/mol. The summed E-state index contributed by atoms with van der Waals surface area (Å²) in [6.07, 6.45) is 3.09. The molecule has 1 aromatic heterocycles. The highest BCUT2D eigenvalue weighted by atomic mass is 32.2. The molecule has 1 saturated heterocycles. The number of carbonyl (C=O) groups excluding carboxylic acids is 1. The molecule has 1 N–H and O–H groups in total. The van der Waals surface area contributed by atoms with E-state index < -0.39 is 10.0 Å². The zero-order valence-corrected chi connectivity index (χ0v) is 16.3. The number of sulfonamides is 1. The molecule has 3 heterocycles. The van der Waals surface area contributed by atoms with Crippen molar-refractivity contribution >= 4 is 15.9 Å². The highest BCUT2D eigenvalue weighted by Crippen LogP contribution is 2.27. The Balaban J connectivity index is 1.82. The third kappa shape index (κ3) is 3.68. The molecule has 26 heavy (non-hydrogen) atoms. The molecule has 1 fully saturated rings. The summed E-state index contributed by atoms with van der Waals surface area (Å²) >= 11 is 0. The number of aromatic amines is 1. The second-order valence-electron chi connectivity index (χ2n) is 7.30. The molecule has 0 saturated carbocycles. The standard InChI is InChI=1S/C17H26N4O4S/c1-4-11(2)17(23)20-7-5-12(9-20)15-18-14-10-21(26(3,24)25)8-6-13(14)16(22)19-15/h11-12H,4-10H2,1-3H3,(H,18,19,22)/t11-,12-/m0/s1. The molecule has 0 bridgehead atoms. The van der Waals surface area contributed by atoms with E-state index in [4.69, 9.17) is 0 Å². The van der Waals surface area contributed by atoms with Crippen LogP contribution in [0.15, 0.2) is 4.79 Å². The summed E-state index contributed by atoms with van der Waals surface area (Å²) in [7, 11) is -3.32. The predicted molar refractivity (Wildman–Crippen MR) is 97.2 cm³/mol. The third-order valence-corrected chi connectivity index (χ3v) is 6.70. The van der Waals surface area contributed by atoms with Crippen LogP contribution in [0.4, 0.5) is 0 Å². The summed E-state index contributed by atoms with van der Waals surface area (Å²) in [5, 5.41) is 0. The minimum atomic E-state index is -3.32. The van der Waals surface area contributed by atoms with Crippen molar-refractivity contribution in [3.05, 3.63) is 27.4 Å². The average Bonchev–Trinajstić information content (AvgIpc) is 3.09. The molecule has 0 aliphatic carbocycles. The SMILES string of the molecule is CC[C@H](C)C(=O)N1CC[C@H](c2nc3c(c(=O)[nH]2)CCN(S(C)(=O)=O)C3)C1.